The molecule has 0 aliphatic carbocycles. The van der Waals surface area contributed by atoms with Crippen molar-refractivity contribution >= 4 is 11.6 Å². The third-order valence-corrected chi connectivity index (χ3v) is 4.78. The van der Waals surface area contributed by atoms with Gasteiger partial charge in [-0.15, -0.1) is 0 Å². The van der Waals surface area contributed by atoms with Crippen LogP contribution in [0.1, 0.15) is 84.1 Å². The number of halogens is 4. The fraction of sp³-hybridized carbons (Fsp3) is 0.824. The summed E-state index contributed by atoms with van der Waals surface area (Å²) in [6, 6.07) is 0. The highest BCUT2D eigenvalue weighted by Gasteiger charge is 2.39. The van der Waals surface area contributed by atoms with Crippen LogP contribution in [0, 0.1) is 0 Å². The van der Waals surface area contributed by atoms with E-state index in [0.717, 1.165) is 44.7 Å². The molecule has 0 saturated carbocycles. The number of unbranched alkanes of at least 4 members (excludes halogenated alkanes) is 5. The SMILES string of the molecule is CCCCCCCC(C)(CCCC)n1ncc(C(F)(F)F)c1Cl. The van der Waals surface area contributed by atoms with Gasteiger partial charge < -0.3 is 0 Å². The highest BCUT2D eigenvalue weighted by molar-refractivity contribution is 6.30. The molecule has 0 radical (unpaired) electrons. The number of hydrogen-bond acceptors (Lipinski definition) is 1. The Morgan fingerprint density at radius 1 is 1.00 bits per heavy atom. The van der Waals surface area contributed by atoms with Crippen LogP contribution in [-0.4, -0.2) is 9.78 Å². The van der Waals surface area contributed by atoms with Crippen LogP contribution in [0.3, 0.4) is 0 Å². The molecule has 0 fully saturated rings. The minimum atomic E-state index is -4.46. The summed E-state index contributed by atoms with van der Waals surface area (Å²) in [6.45, 7) is 6.21. The number of alkyl halides is 3. The van der Waals surface area contributed by atoms with Crippen LogP contribution >= 0.6 is 11.6 Å². The first-order chi connectivity index (χ1) is 10.8. The zero-order chi connectivity index (χ0) is 17.5. The van der Waals surface area contributed by atoms with Crippen LogP contribution < -0.4 is 0 Å². The first-order valence-electron chi connectivity index (χ1n) is 8.57. The van der Waals surface area contributed by atoms with Crippen LogP contribution in [0.4, 0.5) is 13.2 Å². The molecule has 0 spiro atoms. The smallest absolute Gasteiger partial charge is 0.248 e. The Bertz CT molecular complexity index is 471. The Labute approximate surface area is 142 Å². The van der Waals surface area contributed by atoms with Crippen LogP contribution in [0.2, 0.25) is 5.15 Å². The molecule has 1 aromatic rings. The summed E-state index contributed by atoms with van der Waals surface area (Å²) in [5, 5.41) is 3.70. The van der Waals surface area contributed by atoms with Gasteiger partial charge in [0.1, 0.15) is 10.7 Å². The summed E-state index contributed by atoms with van der Waals surface area (Å²) in [6.07, 6.45) is 5.55. The summed E-state index contributed by atoms with van der Waals surface area (Å²) in [5.41, 5.74) is -1.30. The van der Waals surface area contributed by atoms with E-state index in [1.54, 1.807) is 0 Å². The Balaban J connectivity index is 2.90. The van der Waals surface area contributed by atoms with Crippen molar-refractivity contribution in [1.29, 1.82) is 0 Å². The molecule has 0 N–H and O–H groups in total. The Kier molecular flexibility index (Phi) is 7.91. The van der Waals surface area contributed by atoms with E-state index < -0.39 is 17.3 Å². The summed E-state index contributed by atoms with van der Waals surface area (Å²) in [7, 11) is 0. The maximum absolute atomic E-state index is 13.0. The minimum Gasteiger partial charge on any atom is -0.248 e. The van der Waals surface area contributed by atoms with Crippen LogP contribution in [0.25, 0.3) is 0 Å². The van der Waals surface area contributed by atoms with Crippen LogP contribution in [0.15, 0.2) is 6.20 Å². The van der Waals surface area contributed by atoms with Gasteiger partial charge in [-0.3, -0.25) is 0 Å². The first-order valence-corrected chi connectivity index (χ1v) is 8.95. The van der Waals surface area contributed by atoms with Crippen molar-refractivity contribution in [3.05, 3.63) is 16.9 Å². The molecule has 1 aromatic heterocycles. The largest absolute Gasteiger partial charge is 0.420 e. The average Bonchev–Trinajstić information content (AvgIpc) is 2.87. The van der Waals surface area contributed by atoms with E-state index >= 15 is 0 Å². The molecule has 0 saturated heterocycles. The van der Waals surface area contributed by atoms with E-state index in [2.05, 4.69) is 18.9 Å². The predicted molar refractivity (Wildman–Crippen MR) is 88.8 cm³/mol. The second kappa shape index (κ2) is 8.95. The van der Waals surface area contributed by atoms with Crippen molar-refractivity contribution in [3.8, 4) is 0 Å². The third-order valence-electron chi connectivity index (χ3n) is 4.42. The lowest BCUT2D eigenvalue weighted by Gasteiger charge is -2.31. The van der Waals surface area contributed by atoms with E-state index in [1.807, 2.05) is 6.92 Å². The molecule has 2 nitrogen and oxygen atoms in total. The van der Waals surface area contributed by atoms with Crippen LogP contribution in [0.5, 0.6) is 0 Å². The Hall–Kier alpha value is -0.710. The number of hydrogen-bond donors (Lipinski definition) is 0. The summed E-state index contributed by atoms with van der Waals surface area (Å²) >= 11 is 6.02. The molecule has 1 unspecified atom stereocenters. The lowest BCUT2D eigenvalue weighted by molar-refractivity contribution is -0.137. The average molecular weight is 353 g/mol. The molecule has 0 aromatic carbocycles. The number of rotatable bonds is 10. The van der Waals surface area contributed by atoms with Crippen molar-refractivity contribution in [3.63, 3.8) is 0 Å². The van der Waals surface area contributed by atoms with Crippen molar-refractivity contribution in [2.24, 2.45) is 0 Å². The lowest BCUT2D eigenvalue weighted by atomic mass is 9.88. The van der Waals surface area contributed by atoms with E-state index in [4.69, 9.17) is 11.6 Å². The van der Waals surface area contributed by atoms with Crippen molar-refractivity contribution in [2.75, 3.05) is 0 Å². The van der Waals surface area contributed by atoms with Gasteiger partial charge in [-0.25, -0.2) is 4.68 Å². The van der Waals surface area contributed by atoms with E-state index in [-0.39, 0.29) is 5.15 Å². The molecule has 23 heavy (non-hydrogen) atoms. The lowest BCUT2D eigenvalue weighted by Crippen LogP contribution is -2.31. The van der Waals surface area contributed by atoms with Gasteiger partial charge in [0.25, 0.3) is 0 Å². The number of nitrogens with zero attached hydrogens (tertiary/aromatic N) is 2. The fourth-order valence-corrected chi connectivity index (χ4v) is 3.31. The molecule has 0 aliphatic heterocycles. The van der Waals surface area contributed by atoms with Gasteiger partial charge in [-0.2, -0.15) is 18.3 Å². The van der Waals surface area contributed by atoms with E-state index in [1.165, 1.54) is 23.9 Å². The summed E-state index contributed by atoms with van der Waals surface area (Å²) in [5.74, 6) is 0. The van der Waals surface area contributed by atoms with Gasteiger partial charge in [-0.05, 0) is 19.8 Å². The maximum atomic E-state index is 13.0. The topological polar surface area (TPSA) is 17.8 Å². The molecular weight excluding hydrogens is 325 g/mol. The standard InChI is InChI=1S/C17H28ClF3N2/c1-4-6-8-9-10-12-16(3,11-7-5-2)23-15(18)14(13-22-23)17(19,20)21/h13H,4-12H2,1-3H3. The molecule has 0 aliphatic rings. The minimum absolute atomic E-state index is 0.287. The van der Waals surface area contributed by atoms with Gasteiger partial charge in [0, 0.05) is 0 Å². The molecular formula is C17H28ClF3N2. The fourth-order valence-electron chi connectivity index (χ4n) is 2.90. The van der Waals surface area contributed by atoms with Gasteiger partial charge in [-0.1, -0.05) is 70.4 Å². The zero-order valence-corrected chi connectivity index (χ0v) is 15.1. The van der Waals surface area contributed by atoms with Crippen molar-refractivity contribution < 1.29 is 13.2 Å². The van der Waals surface area contributed by atoms with E-state index in [0.29, 0.717) is 0 Å². The zero-order valence-electron chi connectivity index (χ0n) is 14.3. The van der Waals surface area contributed by atoms with Crippen LogP contribution in [-0.2, 0) is 11.7 Å². The summed E-state index contributed by atoms with van der Waals surface area (Å²) in [4.78, 5) is 0. The van der Waals surface area contributed by atoms with Gasteiger partial charge in [0.15, 0.2) is 0 Å². The van der Waals surface area contributed by atoms with E-state index in [9.17, 15) is 13.2 Å². The molecule has 0 bridgehead atoms. The second-order valence-electron chi connectivity index (χ2n) is 6.52. The molecule has 6 heteroatoms. The second-order valence-corrected chi connectivity index (χ2v) is 6.88. The third kappa shape index (κ3) is 5.70. The van der Waals surface area contributed by atoms with Gasteiger partial charge in [0.05, 0.1) is 11.7 Å². The Morgan fingerprint density at radius 2 is 1.57 bits per heavy atom. The quantitative estimate of drug-likeness (QED) is 0.422. The van der Waals surface area contributed by atoms with Crippen molar-refractivity contribution in [2.45, 2.75) is 90.3 Å². The first kappa shape index (κ1) is 20.3. The Morgan fingerprint density at radius 3 is 2.09 bits per heavy atom. The highest BCUT2D eigenvalue weighted by atomic mass is 35.5. The molecule has 0 amide bonds. The maximum Gasteiger partial charge on any atom is 0.420 e. The normalized spacial score (nSPS) is 14.9. The van der Waals surface area contributed by atoms with Gasteiger partial charge in [0.2, 0.25) is 0 Å². The number of aromatic nitrogens is 2. The molecule has 1 rings (SSSR count). The molecule has 1 atom stereocenters. The van der Waals surface area contributed by atoms with Gasteiger partial charge >= 0.3 is 6.18 Å². The predicted octanol–water partition coefficient (Wildman–Crippen LogP) is 6.82. The summed E-state index contributed by atoms with van der Waals surface area (Å²) < 4.78 is 40.3. The monoisotopic (exact) mass is 352 g/mol. The molecule has 134 valence electrons. The highest BCUT2D eigenvalue weighted by Crippen LogP contribution is 2.39. The molecule has 1 heterocycles. The van der Waals surface area contributed by atoms with Crippen molar-refractivity contribution in [1.82, 2.24) is 9.78 Å².